The van der Waals surface area contributed by atoms with E-state index in [0.29, 0.717) is 6.61 Å². The van der Waals surface area contributed by atoms with Gasteiger partial charge in [0, 0.05) is 0 Å². The van der Waals surface area contributed by atoms with Crippen LogP contribution in [0.3, 0.4) is 0 Å². The molecule has 0 spiro atoms. The van der Waals surface area contributed by atoms with E-state index in [1.54, 1.807) is 0 Å². The molecule has 140 valence electrons. The van der Waals surface area contributed by atoms with Crippen molar-refractivity contribution in [3.63, 3.8) is 0 Å². The number of carbonyl (C=O) groups is 1. The van der Waals surface area contributed by atoms with Crippen LogP contribution in [-0.4, -0.2) is 23.2 Å². The van der Waals surface area contributed by atoms with Crippen LogP contribution in [-0.2, 0) is 16.2 Å². The molecule has 5 N–H and O–H groups in total. The summed E-state index contributed by atoms with van der Waals surface area (Å²) in [6.45, 7) is 0.297. The number of ether oxygens (including phenoxy) is 1. The maximum Gasteiger partial charge on any atom is 0.490 e. The molecule has 2 aromatic rings. The van der Waals surface area contributed by atoms with Crippen molar-refractivity contribution in [2.24, 2.45) is 5.73 Å². The van der Waals surface area contributed by atoms with Crippen molar-refractivity contribution in [3.8, 4) is 11.5 Å². The Morgan fingerprint density at radius 2 is 1.69 bits per heavy atom. The molecule has 0 bridgehead atoms. The number of alkyl halides is 3. The maximum absolute atomic E-state index is 10.6. The molecule has 0 unspecified atom stereocenters. The second kappa shape index (κ2) is 9.89. The summed E-state index contributed by atoms with van der Waals surface area (Å²) in [5.41, 5.74) is 8.31. The van der Waals surface area contributed by atoms with E-state index in [4.69, 9.17) is 30.6 Å². The summed E-state index contributed by atoms with van der Waals surface area (Å²) in [5, 5.41) is 14.1. The average Bonchev–Trinajstić information content (AvgIpc) is 2.55. The first-order chi connectivity index (χ1) is 12.2. The summed E-state index contributed by atoms with van der Waals surface area (Å²) < 4.78 is 37.4. The van der Waals surface area contributed by atoms with Crippen LogP contribution in [0.5, 0.6) is 11.5 Å². The number of rotatable bonds is 5. The van der Waals surface area contributed by atoms with E-state index in [1.807, 2.05) is 54.6 Å². The van der Waals surface area contributed by atoms with E-state index in [-0.39, 0.29) is 5.96 Å². The van der Waals surface area contributed by atoms with Crippen molar-refractivity contribution < 1.29 is 32.6 Å². The van der Waals surface area contributed by atoms with Gasteiger partial charge >= 0.3 is 12.1 Å². The van der Waals surface area contributed by atoms with E-state index >= 15 is 0 Å². The Kier molecular flexibility index (Phi) is 7.90. The van der Waals surface area contributed by atoms with Gasteiger partial charge in [-0.2, -0.15) is 13.2 Å². The van der Waals surface area contributed by atoms with Gasteiger partial charge in [-0.15, -0.1) is 0 Å². The second-order valence-electron chi connectivity index (χ2n) is 4.67. The molecule has 0 atom stereocenters. The molecule has 0 aromatic heterocycles. The Morgan fingerprint density at radius 1 is 1.12 bits per heavy atom. The normalized spacial score (nSPS) is 10.3. The molecule has 0 radical (unpaired) electrons. The van der Waals surface area contributed by atoms with Crippen LogP contribution in [0.1, 0.15) is 5.56 Å². The standard InChI is InChI=1S/C14H15N3O2.C2HF3O2/c15-14(16)17-18-10-11-5-4-8-13(9-11)19-12-6-2-1-3-7-12;3-2(4,5)1(6)7/h1-9H,10H2,(H4,15,16,17);(H,6,7). The summed E-state index contributed by atoms with van der Waals surface area (Å²) in [5.74, 6) is -1.47. The fourth-order valence-electron chi connectivity index (χ4n) is 1.52. The van der Waals surface area contributed by atoms with Crippen molar-refractivity contribution in [2.45, 2.75) is 12.8 Å². The minimum Gasteiger partial charge on any atom is -0.475 e. The molecule has 2 aromatic carbocycles. The fourth-order valence-corrected chi connectivity index (χ4v) is 1.52. The van der Waals surface area contributed by atoms with E-state index < -0.39 is 12.1 Å². The Bertz CT molecular complexity index is 724. The zero-order chi connectivity index (χ0) is 19.6. The highest BCUT2D eigenvalue weighted by molar-refractivity contribution is 5.73. The number of carboxylic acids is 1. The number of hydrogen-bond acceptors (Lipinski definition) is 4. The van der Waals surface area contributed by atoms with E-state index in [1.165, 1.54) is 0 Å². The van der Waals surface area contributed by atoms with E-state index in [2.05, 4.69) is 5.48 Å². The van der Waals surface area contributed by atoms with Gasteiger partial charge in [0.25, 0.3) is 0 Å². The Morgan fingerprint density at radius 3 is 2.23 bits per heavy atom. The van der Waals surface area contributed by atoms with Gasteiger partial charge in [0.1, 0.15) is 11.5 Å². The van der Waals surface area contributed by atoms with Gasteiger partial charge in [-0.25, -0.2) is 10.3 Å². The van der Waals surface area contributed by atoms with Crippen LogP contribution in [0.4, 0.5) is 13.2 Å². The van der Waals surface area contributed by atoms with E-state index in [9.17, 15) is 13.2 Å². The molecule has 26 heavy (non-hydrogen) atoms. The minimum atomic E-state index is -5.08. The van der Waals surface area contributed by atoms with Gasteiger partial charge in [-0.3, -0.25) is 10.2 Å². The Hall–Kier alpha value is -3.27. The first-order valence-electron chi connectivity index (χ1n) is 7.02. The molecule has 0 aliphatic carbocycles. The Balaban J connectivity index is 0.000000412. The summed E-state index contributed by atoms with van der Waals surface area (Å²) >= 11 is 0. The molecule has 0 heterocycles. The van der Waals surface area contributed by atoms with Gasteiger partial charge in [-0.1, -0.05) is 30.3 Å². The molecule has 10 heteroatoms. The molecular weight excluding hydrogens is 355 g/mol. The summed E-state index contributed by atoms with van der Waals surface area (Å²) in [6, 6.07) is 17.1. The fraction of sp³-hybridized carbons (Fsp3) is 0.125. The highest BCUT2D eigenvalue weighted by atomic mass is 19.4. The van der Waals surface area contributed by atoms with Crippen LogP contribution in [0.15, 0.2) is 54.6 Å². The van der Waals surface area contributed by atoms with E-state index in [0.717, 1.165) is 17.1 Å². The van der Waals surface area contributed by atoms with Gasteiger partial charge < -0.3 is 15.6 Å². The predicted octanol–water partition coefficient (Wildman–Crippen LogP) is 3.03. The lowest BCUT2D eigenvalue weighted by Gasteiger charge is -2.08. The third kappa shape index (κ3) is 8.55. The van der Waals surface area contributed by atoms with Crippen LogP contribution < -0.4 is 16.0 Å². The first-order valence-corrected chi connectivity index (χ1v) is 7.02. The number of para-hydroxylation sites is 1. The lowest BCUT2D eigenvalue weighted by atomic mass is 10.2. The van der Waals surface area contributed by atoms with Crippen molar-refractivity contribution in [3.05, 3.63) is 60.2 Å². The van der Waals surface area contributed by atoms with Crippen molar-refractivity contribution >= 4 is 11.9 Å². The molecule has 0 amide bonds. The lowest BCUT2D eigenvalue weighted by Crippen LogP contribution is -2.30. The molecule has 0 aliphatic rings. The highest BCUT2D eigenvalue weighted by Crippen LogP contribution is 2.21. The number of aliphatic carboxylic acids is 1. The van der Waals surface area contributed by atoms with Crippen LogP contribution in [0.2, 0.25) is 0 Å². The summed E-state index contributed by atoms with van der Waals surface area (Å²) in [6.07, 6.45) is -5.08. The molecule has 2 rings (SSSR count). The zero-order valence-corrected chi connectivity index (χ0v) is 13.3. The number of guanidine groups is 1. The molecule has 0 saturated carbocycles. The maximum atomic E-state index is 10.6. The third-order valence-corrected chi connectivity index (χ3v) is 2.54. The van der Waals surface area contributed by atoms with Gasteiger partial charge in [-0.05, 0) is 29.8 Å². The zero-order valence-electron chi connectivity index (χ0n) is 13.3. The van der Waals surface area contributed by atoms with Crippen LogP contribution in [0.25, 0.3) is 0 Å². The topological polar surface area (TPSA) is 118 Å². The summed E-state index contributed by atoms with van der Waals surface area (Å²) in [7, 11) is 0. The van der Waals surface area contributed by atoms with Gasteiger partial charge in [0.2, 0.25) is 5.96 Å². The number of halogens is 3. The van der Waals surface area contributed by atoms with Gasteiger partial charge in [0.05, 0.1) is 6.61 Å². The molecule has 0 saturated heterocycles. The number of hydrogen-bond donors (Lipinski definition) is 4. The number of benzene rings is 2. The minimum absolute atomic E-state index is 0.225. The third-order valence-electron chi connectivity index (χ3n) is 2.54. The quantitative estimate of drug-likeness (QED) is 0.365. The van der Waals surface area contributed by atoms with Crippen LogP contribution >= 0.6 is 0 Å². The number of hydroxylamine groups is 1. The molecule has 0 aliphatic heterocycles. The SMILES string of the molecule is N=C(N)NOCc1cccc(Oc2ccccc2)c1.O=C(O)C(F)(F)F. The van der Waals surface area contributed by atoms with Crippen molar-refractivity contribution in [1.82, 2.24) is 5.48 Å². The molecule has 0 fully saturated rings. The summed E-state index contributed by atoms with van der Waals surface area (Å²) in [4.78, 5) is 13.9. The number of carboxylic acid groups (broad SMARTS) is 1. The number of nitrogens with one attached hydrogen (secondary N) is 2. The molecular formula is C16H16F3N3O4. The largest absolute Gasteiger partial charge is 0.490 e. The Labute approximate surface area is 146 Å². The number of nitrogens with two attached hydrogens (primary N) is 1. The first kappa shape index (κ1) is 20.8. The smallest absolute Gasteiger partial charge is 0.475 e. The second-order valence-corrected chi connectivity index (χ2v) is 4.67. The van der Waals surface area contributed by atoms with Crippen molar-refractivity contribution in [1.29, 1.82) is 5.41 Å². The average molecular weight is 371 g/mol. The monoisotopic (exact) mass is 371 g/mol. The van der Waals surface area contributed by atoms with Crippen LogP contribution in [0, 0.1) is 5.41 Å². The lowest BCUT2D eigenvalue weighted by molar-refractivity contribution is -0.192. The predicted molar refractivity (Wildman–Crippen MR) is 86.5 cm³/mol. The van der Waals surface area contributed by atoms with Crippen molar-refractivity contribution in [2.75, 3.05) is 0 Å². The molecule has 7 nitrogen and oxygen atoms in total. The van der Waals surface area contributed by atoms with Gasteiger partial charge in [0.15, 0.2) is 0 Å². The highest BCUT2D eigenvalue weighted by Gasteiger charge is 2.38.